The maximum absolute atomic E-state index is 12.3. The van der Waals surface area contributed by atoms with Crippen LogP contribution in [0.5, 0.6) is 5.75 Å². The molecule has 3 aromatic carbocycles. The van der Waals surface area contributed by atoms with Gasteiger partial charge in [-0.1, -0.05) is 36.4 Å². The van der Waals surface area contributed by atoms with Gasteiger partial charge in [0.1, 0.15) is 12.4 Å². The Balaban J connectivity index is 1.50. The lowest BCUT2D eigenvalue weighted by atomic mass is 10.1. The number of hydrogen-bond acceptors (Lipinski definition) is 5. The average Bonchev–Trinajstić information content (AvgIpc) is 2.77. The summed E-state index contributed by atoms with van der Waals surface area (Å²) in [5, 5.41) is 2.61. The first kappa shape index (κ1) is 20.8. The molecule has 0 aliphatic rings. The zero-order valence-corrected chi connectivity index (χ0v) is 16.5. The van der Waals surface area contributed by atoms with Gasteiger partial charge in [-0.2, -0.15) is 0 Å². The van der Waals surface area contributed by atoms with Crippen molar-refractivity contribution in [2.24, 2.45) is 0 Å². The Morgan fingerprint density at radius 1 is 0.833 bits per heavy atom. The number of amides is 1. The van der Waals surface area contributed by atoms with Crippen LogP contribution in [0, 0.1) is 0 Å². The molecule has 1 amide bonds. The molecule has 0 unspecified atom stereocenters. The highest BCUT2D eigenvalue weighted by Gasteiger charge is 2.12. The molecule has 152 valence electrons. The molecular weight excluding hydrogens is 382 g/mol. The van der Waals surface area contributed by atoms with Gasteiger partial charge < -0.3 is 14.8 Å². The van der Waals surface area contributed by atoms with E-state index >= 15 is 0 Å². The van der Waals surface area contributed by atoms with E-state index in [2.05, 4.69) is 5.32 Å². The number of ketones is 1. The van der Waals surface area contributed by atoms with Gasteiger partial charge in [0.25, 0.3) is 5.91 Å². The van der Waals surface area contributed by atoms with Crippen LogP contribution in [-0.4, -0.2) is 24.3 Å². The molecule has 0 spiro atoms. The molecule has 0 aliphatic carbocycles. The lowest BCUT2D eigenvalue weighted by molar-refractivity contribution is -0.119. The van der Waals surface area contributed by atoms with Gasteiger partial charge in [0.05, 0.1) is 5.56 Å². The number of nitrogens with one attached hydrogen (secondary N) is 1. The normalized spacial score (nSPS) is 10.2. The van der Waals surface area contributed by atoms with E-state index in [1.807, 2.05) is 30.3 Å². The van der Waals surface area contributed by atoms with Gasteiger partial charge in [-0.15, -0.1) is 0 Å². The van der Waals surface area contributed by atoms with Crippen molar-refractivity contribution in [3.05, 3.63) is 95.6 Å². The fraction of sp³-hybridized carbons (Fsp3) is 0.125. The van der Waals surface area contributed by atoms with Gasteiger partial charge >= 0.3 is 5.97 Å². The van der Waals surface area contributed by atoms with Crippen LogP contribution in [0.15, 0.2) is 78.9 Å². The predicted molar refractivity (Wildman–Crippen MR) is 113 cm³/mol. The van der Waals surface area contributed by atoms with Crippen LogP contribution in [-0.2, 0) is 16.1 Å². The summed E-state index contributed by atoms with van der Waals surface area (Å²) in [6.07, 6.45) is 0. The van der Waals surface area contributed by atoms with Crippen LogP contribution in [0.4, 0.5) is 5.69 Å². The van der Waals surface area contributed by atoms with E-state index in [1.165, 1.54) is 6.92 Å². The lowest BCUT2D eigenvalue weighted by Crippen LogP contribution is -2.21. The molecule has 1 N–H and O–H groups in total. The molecule has 0 saturated heterocycles. The molecule has 0 saturated carbocycles. The molecule has 3 aromatic rings. The smallest absolute Gasteiger partial charge is 0.338 e. The Labute approximate surface area is 174 Å². The SMILES string of the molecule is CC(=O)c1ccc(NC(=O)COC(=O)c2cccc(OCc3ccccc3)c2)cc1. The number of benzene rings is 3. The van der Waals surface area contributed by atoms with E-state index in [9.17, 15) is 14.4 Å². The topological polar surface area (TPSA) is 81.7 Å². The van der Waals surface area contributed by atoms with Gasteiger partial charge in [0.2, 0.25) is 0 Å². The number of ether oxygens (including phenoxy) is 2. The molecular formula is C24H21NO5. The second-order valence-electron chi connectivity index (χ2n) is 6.56. The maximum Gasteiger partial charge on any atom is 0.338 e. The van der Waals surface area contributed by atoms with E-state index in [-0.39, 0.29) is 5.78 Å². The third kappa shape index (κ3) is 6.04. The fourth-order valence-electron chi connectivity index (χ4n) is 2.65. The molecule has 0 aromatic heterocycles. The second kappa shape index (κ2) is 10.0. The first-order chi connectivity index (χ1) is 14.5. The molecule has 6 heteroatoms. The summed E-state index contributed by atoms with van der Waals surface area (Å²) in [6, 6.07) is 22.7. The standard InChI is InChI=1S/C24H21NO5/c1-17(26)19-10-12-21(13-11-19)25-23(27)16-30-24(28)20-8-5-9-22(14-20)29-15-18-6-3-2-4-7-18/h2-14H,15-16H2,1H3,(H,25,27). The number of anilines is 1. The summed E-state index contributed by atoms with van der Waals surface area (Å²) in [6.45, 7) is 1.42. The molecule has 0 heterocycles. The molecule has 6 nitrogen and oxygen atoms in total. The van der Waals surface area contributed by atoms with Crippen LogP contribution in [0.1, 0.15) is 33.2 Å². The number of rotatable bonds is 8. The summed E-state index contributed by atoms with van der Waals surface area (Å²) in [5.41, 5.74) is 2.36. The van der Waals surface area contributed by atoms with Crippen LogP contribution in [0.3, 0.4) is 0 Å². The summed E-state index contributed by atoms with van der Waals surface area (Å²) in [7, 11) is 0. The Morgan fingerprint density at radius 2 is 1.57 bits per heavy atom. The van der Waals surface area contributed by atoms with E-state index in [0.29, 0.717) is 29.2 Å². The predicted octanol–water partition coefficient (Wildman–Crippen LogP) is 4.26. The van der Waals surface area contributed by atoms with Gasteiger partial charge in [-0.3, -0.25) is 9.59 Å². The highest BCUT2D eigenvalue weighted by molar-refractivity contribution is 5.97. The summed E-state index contributed by atoms with van der Waals surface area (Å²) >= 11 is 0. The summed E-state index contributed by atoms with van der Waals surface area (Å²) < 4.78 is 10.8. The Morgan fingerprint density at radius 3 is 2.27 bits per heavy atom. The molecule has 0 radical (unpaired) electrons. The van der Waals surface area contributed by atoms with Gasteiger partial charge in [0.15, 0.2) is 12.4 Å². The molecule has 0 aliphatic heterocycles. The minimum atomic E-state index is -0.623. The summed E-state index contributed by atoms with van der Waals surface area (Å²) in [4.78, 5) is 35.5. The number of esters is 1. The monoisotopic (exact) mass is 403 g/mol. The van der Waals surface area contributed by atoms with E-state index in [1.54, 1.807) is 48.5 Å². The quantitative estimate of drug-likeness (QED) is 0.449. The molecule has 30 heavy (non-hydrogen) atoms. The van der Waals surface area contributed by atoms with Crippen molar-refractivity contribution in [1.82, 2.24) is 0 Å². The van der Waals surface area contributed by atoms with Crippen molar-refractivity contribution in [1.29, 1.82) is 0 Å². The molecule has 0 fully saturated rings. The van der Waals surface area contributed by atoms with Crippen molar-refractivity contribution in [3.8, 4) is 5.75 Å². The minimum Gasteiger partial charge on any atom is -0.489 e. The minimum absolute atomic E-state index is 0.0585. The van der Waals surface area contributed by atoms with E-state index in [0.717, 1.165) is 5.56 Å². The number of Topliss-reactive ketones (excluding diaryl/α,β-unsaturated/α-hetero) is 1. The molecule has 0 bridgehead atoms. The number of carbonyl (C=O) groups is 3. The Kier molecular flexibility index (Phi) is 6.95. The van der Waals surface area contributed by atoms with Crippen molar-refractivity contribution >= 4 is 23.3 Å². The third-order valence-electron chi connectivity index (χ3n) is 4.23. The van der Waals surface area contributed by atoms with Gasteiger partial charge in [-0.05, 0) is 55.0 Å². The van der Waals surface area contributed by atoms with Crippen molar-refractivity contribution < 1.29 is 23.9 Å². The third-order valence-corrected chi connectivity index (χ3v) is 4.23. The highest BCUT2D eigenvalue weighted by Crippen LogP contribution is 2.16. The largest absolute Gasteiger partial charge is 0.489 e. The lowest BCUT2D eigenvalue weighted by Gasteiger charge is -2.09. The van der Waals surface area contributed by atoms with Crippen LogP contribution < -0.4 is 10.1 Å². The average molecular weight is 403 g/mol. The second-order valence-corrected chi connectivity index (χ2v) is 6.56. The van der Waals surface area contributed by atoms with Crippen LogP contribution in [0.2, 0.25) is 0 Å². The Hall–Kier alpha value is -3.93. The van der Waals surface area contributed by atoms with Crippen molar-refractivity contribution in [2.75, 3.05) is 11.9 Å². The molecule has 3 rings (SSSR count). The highest BCUT2D eigenvalue weighted by atomic mass is 16.5. The van der Waals surface area contributed by atoms with E-state index < -0.39 is 18.5 Å². The zero-order valence-electron chi connectivity index (χ0n) is 16.5. The van der Waals surface area contributed by atoms with Gasteiger partial charge in [0, 0.05) is 11.3 Å². The van der Waals surface area contributed by atoms with Crippen LogP contribution >= 0.6 is 0 Å². The first-order valence-corrected chi connectivity index (χ1v) is 9.36. The van der Waals surface area contributed by atoms with Crippen LogP contribution in [0.25, 0.3) is 0 Å². The van der Waals surface area contributed by atoms with E-state index in [4.69, 9.17) is 9.47 Å². The maximum atomic E-state index is 12.3. The molecule has 0 atom stereocenters. The fourth-order valence-corrected chi connectivity index (χ4v) is 2.65. The van der Waals surface area contributed by atoms with Crippen molar-refractivity contribution in [2.45, 2.75) is 13.5 Å². The number of hydrogen-bond donors (Lipinski definition) is 1. The van der Waals surface area contributed by atoms with Gasteiger partial charge in [-0.25, -0.2) is 4.79 Å². The first-order valence-electron chi connectivity index (χ1n) is 9.36. The number of carbonyl (C=O) groups excluding carboxylic acids is 3. The zero-order chi connectivity index (χ0) is 21.3. The Bertz CT molecular complexity index is 1030. The van der Waals surface area contributed by atoms with Crippen molar-refractivity contribution in [3.63, 3.8) is 0 Å². The summed E-state index contributed by atoms with van der Waals surface area (Å²) in [5.74, 6) is -0.627.